The van der Waals surface area contributed by atoms with Gasteiger partial charge in [0.2, 0.25) is 5.91 Å². The van der Waals surface area contributed by atoms with E-state index in [1.165, 1.54) is 4.88 Å². The van der Waals surface area contributed by atoms with Crippen LogP contribution in [0.25, 0.3) is 0 Å². The van der Waals surface area contributed by atoms with Crippen molar-refractivity contribution in [1.29, 1.82) is 0 Å². The van der Waals surface area contributed by atoms with Crippen molar-refractivity contribution in [2.24, 2.45) is 0 Å². The molecule has 1 fully saturated rings. The highest BCUT2D eigenvalue weighted by atomic mass is 32.1. The van der Waals surface area contributed by atoms with Gasteiger partial charge in [-0.2, -0.15) is 0 Å². The lowest BCUT2D eigenvalue weighted by atomic mass is 9.97. The zero-order valence-electron chi connectivity index (χ0n) is 14.4. The number of carbonyl (C=O) groups excluding carboxylic acids is 1. The molecule has 0 aromatic carbocycles. The SMILES string of the molecule is CC(C)(C)c1nc(CC(=O)Nc2ncc(C3CCNCC3)s2)cs1. The van der Waals surface area contributed by atoms with Crippen LogP contribution in [0.1, 0.15) is 55.1 Å². The van der Waals surface area contributed by atoms with E-state index in [9.17, 15) is 4.79 Å². The molecule has 0 radical (unpaired) electrons. The maximum absolute atomic E-state index is 12.2. The Morgan fingerprint density at radius 1 is 1.38 bits per heavy atom. The van der Waals surface area contributed by atoms with Gasteiger partial charge in [0.05, 0.1) is 17.1 Å². The highest BCUT2D eigenvalue weighted by Gasteiger charge is 2.20. The van der Waals surface area contributed by atoms with Gasteiger partial charge >= 0.3 is 0 Å². The molecule has 130 valence electrons. The lowest BCUT2D eigenvalue weighted by Crippen LogP contribution is -2.26. The zero-order chi connectivity index (χ0) is 17.2. The Morgan fingerprint density at radius 3 is 2.79 bits per heavy atom. The van der Waals surface area contributed by atoms with Gasteiger partial charge in [-0.25, -0.2) is 9.97 Å². The fourth-order valence-corrected chi connectivity index (χ4v) is 4.61. The summed E-state index contributed by atoms with van der Waals surface area (Å²) in [5.74, 6) is 0.522. The Hall–Kier alpha value is -1.31. The molecule has 0 saturated carbocycles. The quantitative estimate of drug-likeness (QED) is 0.871. The van der Waals surface area contributed by atoms with Crippen molar-refractivity contribution in [1.82, 2.24) is 15.3 Å². The summed E-state index contributed by atoms with van der Waals surface area (Å²) in [5.41, 5.74) is 0.857. The number of rotatable bonds is 4. The number of hydrogen-bond acceptors (Lipinski definition) is 6. The second kappa shape index (κ2) is 7.29. The molecule has 1 aliphatic heterocycles. The number of nitrogens with one attached hydrogen (secondary N) is 2. The molecule has 3 rings (SSSR count). The molecule has 2 aromatic heterocycles. The Balaban J connectivity index is 1.57. The molecule has 0 spiro atoms. The maximum atomic E-state index is 12.2. The third-order valence-corrected chi connectivity index (χ3v) is 6.44. The molecule has 3 heterocycles. The van der Waals surface area contributed by atoms with Gasteiger partial charge in [0.1, 0.15) is 0 Å². The minimum Gasteiger partial charge on any atom is -0.317 e. The molecule has 2 aromatic rings. The summed E-state index contributed by atoms with van der Waals surface area (Å²) >= 11 is 3.22. The first-order chi connectivity index (χ1) is 11.4. The van der Waals surface area contributed by atoms with Crippen LogP contribution in [0.3, 0.4) is 0 Å². The van der Waals surface area contributed by atoms with Crippen LogP contribution in [0, 0.1) is 0 Å². The topological polar surface area (TPSA) is 66.9 Å². The van der Waals surface area contributed by atoms with Crippen molar-refractivity contribution in [2.75, 3.05) is 18.4 Å². The van der Waals surface area contributed by atoms with Crippen LogP contribution >= 0.6 is 22.7 Å². The molecule has 0 atom stereocenters. The molecule has 0 aliphatic carbocycles. The van der Waals surface area contributed by atoms with E-state index in [2.05, 4.69) is 41.4 Å². The van der Waals surface area contributed by atoms with Gasteiger partial charge < -0.3 is 10.6 Å². The highest BCUT2D eigenvalue weighted by molar-refractivity contribution is 7.15. The van der Waals surface area contributed by atoms with Crippen LogP contribution in [0.15, 0.2) is 11.6 Å². The van der Waals surface area contributed by atoms with Crippen molar-refractivity contribution in [2.45, 2.75) is 51.4 Å². The number of thiazole rings is 2. The summed E-state index contributed by atoms with van der Waals surface area (Å²) in [4.78, 5) is 22.5. The van der Waals surface area contributed by atoms with Crippen LogP contribution in [-0.2, 0) is 16.6 Å². The maximum Gasteiger partial charge on any atom is 0.232 e. The minimum absolute atomic E-state index is 0.0262. The van der Waals surface area contributed by atoms with Crippen LogP contribution in [0.5, 0.6) is 0 Å². The van der Waals surface area contributed by atoms with Crippen molar-refractivity contribution in [3.05, 3.63) is 27.2 Å². The lowest BCUT2D eigenvalue weighted by molar-refractivity contribution is -0.115. The van der Waals surface area contributed by atoms with E-state index in [-0.39, 0.29) is 11.3 Å². The number of nitrogens with zero attached hydrogens (tertiary/aromatic N) is 2. The molecule has 0 bridgehead atoms. The Labute approximate surface area is 150 Å². The Kier molecular flexibility index (Phi) is 5.32. The number of carbonyl (C=O) groups is 1. The second-order valence-electron chi connectivity index (χ2n) is 7.21. The minimum atomic E-state index is -0.0491. The number of hydrogen-bond donors (Lipinski definition) is 2. The van der Waals surface area contributed by atoms with E-state index in [1.807, 2.05) is 11.6 Å². The zero-order valence-corrected chi connectivity index (χ0v) is 16.0. The van der Waals surface area contributed by atoms with E-state index in [4.69, 9.17) is 0 Å². The first-order valence-corrected chi connectivity index (χ1v) is 10.0. The largest absolute Gasteiger partial charge is 0.317 e. The predicted molar refractivity (Wildman–Crippen MR) is 100 cm³/mol. The van der Waals surface area contributed by atoms with E-state index >= 15 is 0 Å². The van der Waals surface area contributed by atoms with E-state index in [1.54, 1.807) is 22.7 Å². The smallest absolute Gasteiger partial charge is 0.232 e. The van der Waals surface area contributed by atoms with Gasteiger partial charge in [0, 0.05) is 21.9 Å². The normalized spacial score (nSPS) is 16.3. The lowest BCUT2D eigenvalue weighted by Gasteiger charge is -2.20. The Morgan fingerprint density at radius 2 is 2.12 bits per heavy atom. The van der Waals surface area contributed by atoms with E-state index < -0.39 is 0 Å². The van der Waals surface area contributed by atoms with Crippen LogP contribution in [0.4, 0.5) is 5.13 Å². The van der Waals surface area contributed by atoms with Crippen LogP contribution in [-0.4, -0.2) is 29.0 Å². The summed E-state index contributed by atoms with van der Waals surface area (Å²) in [6.07, 6.45) is 4.50. The van der Waals surface area contributed by atoms with Gasteiger partial charge in [-0.15, -0.1) is 22.7 Å². The van der Waals surface area contributed by atoms with Gasteiger partial charge in [-0.1, -0.05) is 20.8 Å². The van der Waals surface area contributed by atoms with Crippen molar-refractivity contribution in [3.63, 3.8) is 0 Å². The highest BCUT2D eigenvalue weighted by Crippen LogP contribution is 2.31. The molecular weight excluding hydrogens is 340 g/mol. The van der Waals surface area contributed by atoms with E-state index in [0.717, 1.165) is 36.6 Å². The summed E-state index contributed by atoms with van der Waals surface area (Å²) < 4.78 is 0. The second-order valence-corrected chi connectivity index (χ2v) is 9.13. The first-order valence-electron chi connectivity index (χ1n) is 8.33. The van der Waals surface area contributed by atoms with Crippen molar-refractivity contribution >= 4 is 33.7 Å². The molecule has 7 heteroatoms. The Bertz CT molecular complexity index is 696. The summed E-state index contributed by atoms with van der Waals surface area (Å²) in [5, 5.41) is 10.0. The predicted octanol–water partition coefficient (Wildman–Crippen LogP) is 3.55. The van der Waals surface area contributed by atoms with Gasteiger partial charge in [0.25, 0.3) is 0 Å². The van der Waals surface area contributed by atoms with Gasteiger partial charge in [-0.05, 0) is 31.8 Å². The molecule has 1 amide bonds. The average molecular weight is 365 g/mol. The first kappa shape index (κ1) is 17.5. The van der Waals surface area contributed by atoms with Gasteiger partial charge in [0.15, 0.2) is 5.13 Å². The molecule has 0 unspecified atom stereocenters. The van der Waals surface area contributed by atoms with Gasteiger partial charge in [-0.3, -0.25) is 4.79 Å². The molecule has 2 N–H and O–H groups in total. The van der Waals surface area contributed by atoms with Crippen LogP contribution in [0.2, 0.25) is 0 Å². The number of aromatic nitrogens is 2. The molecule has 1 saturated heterocycles. The van der Waals surface area contributed by atoms with E-state index in [0.29, 0.717) is 17.5 Å². The van der Waals surface area contributed by atoms with Crippen molar-refractivity contribution < 1.29 is 4.79 Å². The standard InChI is InChI=1S/C17H24N4OS2/c1-17(2,3)15-20-12(10-23-15)8-14(22)21-16-19-9-13(24-16)11-4-6-18-7-5-11/h9-11,18H,4-8H2,1-3H3,(H,19,21,22). The number of anilines is 1. The molecule has 1 aliphatic rings. The van der Waals surface area contributed by atoms with Crippen molar-refractivity contribution in [3.8, 4) is 0 Å². The average Bonchev–Trinajstić information content (AvgIpc) is 3.17. The fraction of sp³-hybridized carbons (Fsp3) is 0.588. The summed E-state index contributed by atoms with van der Waals surface area (Å²) in [7, 11) is 0. The number of piperidine rings is 1. The fourth-order valence-electron chi connectivity index (χ4n) is 2.70. The van der Waals surface area contributed by atoms with Crippen LogP contribution < -0.4 is 10.6 Å². The molecular formula is C17H24N4OS2. The summed E-state index contributed by atoms with van der Waals surface area (Å²) in [6, 6.07) is 0. The molecule has 24 heavy (non-hydrogen) atoms. The summed E-state index contributed by atoms with van der Waals surface area (Å²) in [6.45, 7) is 8.52. The number of amides is 1. The third-order valence-electron chi connectivity index (χ3n) is 4.05. The molecule has 5 nitrogen and oxygen atoms in total. The monoisotopic (exact) mass is 364 g/mol. The third kappa shape index (κ3) is 4.40.